The number of aromatic nitrogens is 1. The number of carbonyl (C=O) groups is 1. The van der Waals surface area contributed by atoms with Crippen LogP contribution < -0.4 is 14.8 Å². The van der Waals surface area contributed by atoms with Crippen LogP contribution >= 0.6 is 0 Å². The number of anilines is 2. The first kappa shape index (κ1) is 22.3. The van der Waals surface area contributed by atoms with Gasteiger partial charge in [0.05, 0.1) is 17.7 Å². The molecule has 0 aliphatic carbocycles. The van der Waals surface area contributed by atoms with E-state index in [4.69, 9.17) is 4.74 Å². The molecular formula is C23H25N3O4S. The van der Waals surface area contributed by atoms with Gasteiger partial charge in [0, 0.05) is 24.5 Å². The number of amides is 1. The number of pyridine rings is 1. The van der Waals surface area contributed by atoms with Crippen LogP contribution in [0.5, 0.6) is 5.75 Å². The molecule has 2 N–H and O–H groups in total. The van der Waals surface area contributed by atoms with Crippen LogP contribution in [0.3, 0.4) is 0 Å². The molecule has 0 saturated heterocycles. The zero-order chi connectivity index (χ0) is 22.4. The molecule has 0 bridgehead atoms. The van der Waals surface area contributed by atoms with E-state index in [2.05, 4.69) is 15.0 Å². The number of aryl methyl sites for hydroxylation is 1. The van der Waals surface area contributed by atoms with E-state index in [1.54, 1.807) is 55.7 Å². The number of sulfonamides is 1. The van der Waals surface area contributed by atoms with Gasteiger partial charge in [-0.25, -0.2) is 8.42 Å². The Labute approximate surface area is 182 Å². The molecular weight excluding hydrogens is 414 g/mol. The van der Waals surface area contributed by atoms with Gasteiger partial charge >= 0.3 is 0 Å². The first-order valence-corrected chi connectivity index (χ1v) is 11.2. The SMILES string of the molecule is COc1ccccc1NS(=O)(=O)c1cc(NC(=O)CC(C)c2ccncc2)ccc1C. The molecule has 0 fully saturated rings. The van der Waals surface area contributed by atoms with Crippen LogP contribution in [0.2, 0.25) is 0 Å². The molecule has 1 unspecified atom stereocenters. The number of methoxy groups -OCH3 is 1. The summed E-state index contributed by atoms with van der Waals surface area (Å²) in [4.78, 5) is 16.6. The van der Waals surface area contributed by atoms with Gasteiger partial charge in [-0.15, -0.1) is 0 Å². The number of benzene rings is 2. The minimum Gasteiger partial charge on any atom is -0.495 e. The van der Waals surface area contributed by atoms with Gasteiger partial charge in [0.25, 0.3) is 10.0 Å². The van der Waals surface area contributed by atoms with Crippen molar-refractivity contribution in [2.45, 2.75) is 31.1 Å². The fraction of sp³-hybridized carbons (Fsp3) is 0.217. The number of para-hydroxylation sites is 2. The maximum atomic E-state index is 13.0. The number of rotatable bonds is 8. The molecule has 0 spiro atoms. The number of carbonyl (C=O) groups excluding carboxylic acids is 1. The predicted octanol–water partition coefficient (Wildman–Crippen LogP) is 4.33. The summed E-state index contributed by atoms with van der Waals surface area (Å²) in [6, 6.07) is 15.3. The van der Waals surface area contributed by atoms with Crippen molar-refractivity contribution < 1.29 is 17.9 Å². The normalized spacial score (nSPS) is 12.1. The second kappa shape index (κ2) is 9.61. The first-order chi connectivity index (χ1) is 14.8. The minimum absolute atomic E-state index is 0.00358. The Kier molecular flexibility index (Phi) is 6.91. The molecule has 3 aromatic rings. The molecule has 162 valence electrons. The van der Waals surface area contributed by atoms with Crippen LogP contribution in [-0.2, 0) is 14.8 Å². The maximum absolute atomic E-state index is 13.0. The third-order valence-electron chi connectivity index (χ3n) is 4.88. The minimum atomic E-state index is -3.89. The number of nitrogens with zero attached hydrogens (tertiary/aromatic N) is 1. The molecule has 8 heteroatoms. The number of hydrogen-bond acceptors (Lipinski definition) is 5. The van der Waals surface area contributed by atoms with Crippen LogP contribution in [0, 0.1) is 6.92 Å². The van der Waals surface area contributed by atoms with E-state index in [1.165, 1.54) is 13.2 Å². The lowest BCUT2D eigenvalue weighted by Crippen LogP contribution is -2.17. The Morgan fingerprint density at radius 2 is 1.81 bits per heavy atom. The number of hydrogen-bond donors (Lipinski definition) is 2. The van der Waals surface area contributed by atoms with E-state index in [9.17, 15) is 13.2 Å². The van der Waals surface area contributed by atoms with Crippen LogP contribution in [0.4, 0.5) is 11.4 Å². The quantitative estimate of drug-likeness (QED) is 0.544. The van der Waals surface area contributed by atoms with Gasteiger partial charge in [0.1, 0.15) is 5.75 Å². The lowest BCUT2D eigenvalue weighted by atomic mass is 9.98. The second-order valence-corrected chi connectivity index (χ2v) is 8.87. The molecule has 1 atom stereocenters. The molecule has 0 aliphatic rings. The molecule has 1 amide bonds. The highest BCUT2D eigenvalue weighted by Crippen LogP contribution is 2.28. The highest BCUT2D eigenvalue weighted by atomic mass is 32.2. The van der Waals surface area contributed by atoms with Crippen molar-refractivity contribution in [3.63, 3.8) is 0 Å². The zero-order valence-electron chi connectivity index (χ0n) is 17.6. The van der Waals surface area contributed by atoms with E-state index >= 15 is 0 Å². The molecule has 0 saturated carbocycles. The Morgan fingerprint density at radius 1 is 1.10 bits per heavy atom. The average molecular weight is 440 g/mol. The fourth-order valence-electron chi connectivity index (χ4n) is 3.20. The Hall–Kier alpha value is -3.39. The number of ether oxygens (including phenoxy) is 1. The van der Waals surface area contributed by atoms with Crippen molar-refractivity contribution in [2.24, 2.45) is 0 Å². The van der Waals surface area contributed by atoms with Crippen molar-refractivity contribution in [1.82, 2.24) is 4.98 Å². The molecule has 2 aromatic carbocycles. The summed E-state index contributed by atoms with van der Waals surface area (Å²) in [6.07, 6.45) is 3.64. The fourth-order valence-corrected chi connectivity index (χ4v) is 4.54. The lowest BCUT2D eigenvalue weighted by molar-refractivity contribution is -0.116. The van der Waals surface area contributed by atoms with Crippen LogP contribution in [-0.4, -0.2) is 26.4 Å². The highest BCUT2D eigenvalue weighted by Gasteiger charge is 2.20. The summed E-state index contributed by atoms with van der Waals surface area (Å²) in [5, 5.41) is 2.80. The van der Waals surface area contributed by atoms with E-state index in [1.807, 2.05) is 19.1 Å². The van der Waals surface area contributed by atoms with E-state index < -0.39 is 10.0 Å². The van der Waals surface area contributed by atoms with Crippen molar-refractivity contribution in [3.05, 3.63) is 78.1 Å². The van der Waals surface area contributed by atoms with Crippen molar-refractivity contribution in [2.75, 3.05) is 17.1 Å². The maximum Gasteiger partial charge on any atom is 0.262 e. The van der Waals surface area contributed by atoms with Crippen LogP contribution in [0.15, 0.2) is 71.9 Å². The number of nitrogens with one attached hydrogen (secondary N) is 2. The van der Waals surface area contributed by atoms with Gasteiger partial charge in [-0.1, -0.05) is 25.1 Å². The molecule has 31 heavy (non-hydrogen) atoms. The largest absolute Gasteiger partial charge is 0.495 e. The Morgan fingerprint density at radius 3 is 2.52 bits per heavy atom. The third kappa shape index (κ3) is 5.61. The third-order valence-corrected chi connectivity index (χ3v) is 6.39. The van der Waals surface area contributed by atoms with Crippen molar-refractivity contribution in [1.29, 1.82) is 0 Å². The van der Waals surface area contributed by atoms with Gasteiger partial charge in [0.15, 0.2) is 0 Å². The Balaban J connectivity index is 1.77. The zero-order valence-corrected chi connectivity index (χ0v) is 18.4. The van der Waals surface area contributed by atoms with Crippen molar-refractivity contribution >= 4 is 27.3 Å². The Bertz CT molecular complexity index is 1160. The molecule has 1 heterocycles. The molecule has 7 nitrogen and oxygen atoms in total. The molecule has 3 rings (SSSR count). The summed E-state index contributed by atoms with van der Waals surface area (Å²) in [7, 11) is -2.42. The van der Waals surface area contributed by atoms with E-state index in [0.29, 0.717) is 22.7 Å². The van der Waals surface area contributed by atoms with Gasteiger partial charge in [0.2, 0.25) is 5.91 Å². The van der Waals surface area contributed by atoms with E-state index in [0.717, 1.165) is 5.56 Å². The highest BCUT2D eigenvalue weighted by molar-refractivity contribution is 7.92. The molecule has 1 aromatic heterocycles. The predicted molar refractivity (Wildman–Crippen MR) is 121 cm³/mol. The summed E-state index contributed by atoms with van der Waals surface area (Å²) in [5.41, 5.74) is 2.33. The van der Waals surface area contributed by atoms with Gasteiger partial charge < -0.3 is 10.1 Å². The molecule has 0 radical (unpaired) electrons. The monoisotopic (exact) mass is 439 g/mol. The summed E-state index contributed by atoms with van der Waals surface area (Å²) in [6.45, 7) is 3.66. The van der Waals surface area contributed by atoms with E-state index in [-0.39, 0.29) is 23.1 Å². The standard InChI is InChI=1S/C23H25N3O4S/c1-16-8-9-19(25-23(27)14-17(2)18-10-12-24-13-11-18)15-22(16)31(28,29)26-20-6-4-5-7-21(20)30-3/h4-13,15,17,26H,14H2,1-3H3,(H,25,27). The lowest BCUT2D eigenvalue weighted by Gasteiger charge is -2.15. The van der Waals surface area contributed by atoms with Gasteiger partial charge in [-0.2, -0.15) is 0 Å². The van der Waals surface area contributed by atoms with Crippen molar-refractivity contribution in [3.8, 4) is 5.75 Å². The van der Waals surface area contributed by atoms with Gasteiger partial charge in [-0.3, -0.25) is 14.5 Å². The summed E-state index contributed by atoms with van der Waals surface area (Å²) in [5.74, 6) is 0.219. The summed E-state index contributed by atoms with van der Waals surface area (Å²) >= 11 is 0. The first-order valence-electron chi connectivity index (χ1n) is 9.76. The molecule has 0 aliphatic heterocycles. The van der Waals surface area contributed by atoms with Crippen LogP contribution in [0.25, 0.3) is 0 Å². The summed E-state index contributed by atoms with van der Waals surface area (Å²) < 4.78 is 33.8. The second-order valence-electron chi connectivity index (χ2n) is 7.22. The smallest absolute Gasteiger partial charge is 0.262 e. The average Bonchev–Trinajstić information content (AvgIpc) is 2.75. The topological polar surface area (TPSA) is 97.4 Å². The van der Waals surface area contributed by atoms with Gasteiger partial charge in [-0.05, 0) is 60.4 Å². The van der Waals surface area contributed by atoms with Crippen LogP contribution in [0.1, 0.15) is 30.4 Å².